The van der Waals surface area contributed by atoms with Gasteiger partial charge in [-0.1, -0.05) is 44.2 Å². The van der Waals surface area contributed by atoms with Gasteiger partial charge >= 0.3 is 0 Å². The van der Waals surface area contributed by atoms with Crippen LogP contribution in [0.15, 0.2) is 54.6 Å². The molecule has 6 nitrogen and oxygen atoms in total. The highest BCUT2D eigenvalue weighted by molar-refractivity contribution is 5.96. The van der Waals surface area contributed by atoms with E-state index in [1.165, 1.54) is 0 Å². The van der Waals surface area contributed by atoms with E-state index in [-0.39, 0.29) is 35.9 Å². The molecule has 0 unspecified atom stereocenters. The predicted molar refractivity (Wildman–Crippen MR) is 116 cm³/mol. The Labute approximate surface area is 182 Å². The van der Waals surface area contributed by atoms with Crippen LogP contribution in [0.25, 0.3) is 0 Å². The number of benzene rings is 2. The third-order valence-corrected chi connectivity index (χ3v) is 5.68. The standard InChI is InChI=1S/C25H29NO5/c1-16(2)11-23(28)26-21-15-30-24-18(14-29-25(21)24)13-22(27)17-7-6-10-20(12-17)31-19-8-4-3-5-9-19/h3-10,12,16,18,21,24-25H,11,13-15H2,1-2H3,(H,26,28)/t18-,21-,24+,25+/m0/s1. The van der Waals surface area contributed by atoms with Crippen molar-refractivity contribution < 1.29 is 23.8 Å². The maximum Gasteiger partial charge on any atom is 0.220 e. The van der Waals surface area contributed by atoms with E-state index in [1.54, 1.807) is 12.1 Å². The molecular formula is C25H29NO5. The molecule has 0 aromatic heterocycles. The number of carbonyl (C=O) groups is 2. The summed E-state index contributed by atoms with van der Waals surface area (Å²) in [6.07, 6.45) is 0.457. The summed E-state index contributed by atoms with van der Waals surface area (Å²) in [5.74, 6) is 1.68. The molecule has 2 heterocycles. The molecule has 1 N–H and O–H groups in total. The van der Waals surface area contributed by atoms with Crippen molar-refractivity contribution in [1.82, 2.24) is 5.32 Å². The van der Waals surface area contributed by atoms with Crippen LogP contribution in [0.1, 0.15) is 37.0 Å². The minimum atomic E-state index is -0.193. The van der Waals surface area contributed by atoms with Gasteiger partial charge in [0.1, 0.15) is 17.6 Å². The van der Waals surface area contributed by atoms with E-state index >= 15 is 0 Å². The monoisotopic (exact) mass is 423 g/mol. The van der Waals surface area contributed by atoms with E-state index in [0.29, 0.717) is 43.3 Å². The number of hydrogen-bond acceptors (Lipinski definition) is 5. The number of Topliss-reactive ketones (excluding diaryl/α,β-unsaturated/α-hetero) is 1. The minimum Gasteiger partial charge on any atom is -0.457 e. The fourth-order valence-electron chi connectivity index (χ4n) is 4.23. The lowest BCUT2D eigenvalue weighted by Crippen LogP contribution is -2.44. The van der Waals surface area contributed by atoms with E-state index in [1.807, 2.05) is 56.3 Å². The summed E-state index contributed by atoms with van der Waals surface area (Å²) in [6.45, 7) is 4.91. The van der Waals surface area contributed by atoms with E-state index in [2.05, 4.69) is 5.32 Å². The number of carbonyl (C=O) groups excluding carboxylic acids is 2. The molecule has 6 heteroatoms. The summed E-state index contributed by atoms with van der Waals surface area (Å²) in [6, 6.07) is 16.6. The summed E-state index contributed by atoms with van der Waals surface area (Å²) in [7, 11) is 0. The first-order valence-corrected chi connectivity index (χ1v) is 10.9. The first-order valence-electron chi connectivity index (χ1n) is 10.9. The molecule has 4 atom stereocenters. The highest BCUT2D eigenvalue weighted by Crippen LogP contribution is 2.34. The molecule has 2 aliphatic rings. The summed E-state index contributed by atoms with van der Waals surface area (Å²) < 4.78 is 17.7. The largest absolute Gasteiger partial charge is 0.457 e. The third kappa shape index (κ3) is 5.32. The summed E-state index contributed by atoms with van der Waals surface area (Å²) >= 11 is 0. The first kappa shape index (κ1) is 21.5. The zero-order chi connectivity index (χ0) is 21.8. The van der Waals surface area contributed by atoms with Crippen LogP contribution in [-0.2, 0) is 14.3 Å². The fourth-order valence-corrected chi connectivity index (χ4v) is 4.23. The van der Waals surface area contributed by atoms with Crippen molar-refractivity contribution in [1.29, 1.82) is 0 Å². The van der Waals surface area contributed by atoms with Crippen molar-refractivity contribution in [3.63, 3.8) is 0 Å². The van der Waals surface area contributed by atoms with Crippen LogP contribution >= 0.6 is 0 Å². The second kappa shape index (κ2) is 9.62. The normalized spacial score (nSPS) is 24.7. The Morgan fingerprint density at radius 3 is 2.52 bits per heavy atom. The van der Waals surface area contributed by atoms with Gasteiger partial charge in [0.05, 0.1) is 25.4 Å². The SMILES string of the molecule is CC(C)CC(=O)N[C@H]1CO[C@@H]2[C@@H](CC(=O)c3cccc(Oc4ccccc4)c3)CO[C@@H]21. The molecule has 2 aromatic rings. The van der Waals surface area contributed by atoms with Gasteiger partial charge in [0.25, 0.3) is 0 Å². The zero-order valence-corrected chi connectivity index (χ0v) is 18.0. The lowest BCUT2D eigenvalue weighted by Gasteiger charge is -2.18. The average Bonchev–Trinajstić information content (AvgIpc) is 3.32. The van der Waals surface area contributed by atoms with Gasteiger partial charge in [-0.2, -0.15) is 0 Å². The lowest BCUT2D eigenvalue weighted by molar-refractivity contribution is -0.123. The third-order valence-electron chi connectivity index (χ3n) is 5.68. The molecule has 0 radical (unpaired) electrons. The van der Waals surface area contributed by atoms with Crippen LogP contribution < -0.4 is 10.1 Å². The Balaban J connectivity index is 1.34. The van der Waals surface area contributed by atoms with Crippen LogP contribution in [0.2, 0.25) is 0 Å². The molecule has 0 aliphatic carbocycles. The number of ketones is 1. The maximum absolute atomic E-state index is 12.9. The van der Waals surface area contributed by atoms with Crippen molar-refractivity contribution in [2.45, 2.75) is 44.9 Å². The highest BCUT2D eigenvalue weighted by Gasteiger charge is 2.48. The van der Waals surface area contributed by atoms with Gasteiger partial charge in [-0.15, -0.1) is 0 Å². The topological polar surface area (TPSA) is 73.9 Å². The van der Waals surface area contributed by atoms with Gasteiger partial charge in [-0.05, 0) is 30.2 Å². The van der Waals surface area contributed by atoms with Crippen molar-refractivity contribution in [2.75, 3.05) is 13.2 Å². The predicted octanol–water partition coefficient (Wildman–Crippen LogP) is 4.00. The minimum absolute atomic E-state index is 0.0163. The average molecular weight is 424 g/mol. The lowest BCUT2D eigenvalue weighted by atomic mass is 9.92. The summed E-state index contributed by atoms with van der Waals surface area (Å²) in [5.41, 5.74) is 0.608. The molecule has 0 bridgehead atoms. The van der Waals surface area contributed by atoms with Gasteiger partial charge in [0.15, 0.2) is 5.78 Å². The number of amides is 1. The Morgan fingerprint density at radius 1 is 1.00 bits per heavy atom. The summed E-state index contributed by atoms with van der Waals surface area (Å²) in [5, 5.41) is 3.03. The Bertz CT molecular complexity index is 913. The van der Waals surface area contributed by atoms with Crippen LogP contribution in [0.3, 0.4) is 0 Å². The molecule has 4 rings (SSSR count). The smallest absolute Gasteiger partial charge is 0.220 e. The number of hydrogen-bond donors (Lipinski definition) is 1. The van der Waals surface area contributed by atoms with E-state index in [9.17, 15) is 9.59 Å². The van der Waals surface area contributed by atoms with E-state index in [4.69, 9.17) is 14.2 Å². The van der Waals surface area contributed by atoms with Gasteiger partial charge in [0, 0.05) is 24.3 Å². The van der Waals surface area contributed by atoms with Crippen LogP contribution in [0.5, 0.6) is 11.5 Å². The van der Waals surface area contributed by atoms with Gasteiger partial charge in [-0.25, -0.2) is 0 Å². The Kier molecular flexibility index (Phi) is 6.68. The first-order chi connectivity index (χ1) is 15.0. The number of rotatable bonds is 8. The molecule has 1 amide bonds. The molecule has 31 heavy (non-hydrogen) atoms. The van der Waals surface area contributed by atoms with Gasteiger partial charge in [-0.3, -0.25) is 9.59 Å². The quantitative estimate of drug-likeness (QED) is 0.650. The van der Waals surface area contributed by atoms with Gasteiger partial charge < -0.3 is 19.5 Å². The van der Waals surface area contributed by atoms with E-state index < -0.39 is 0 Å². The van der Waals surface area contributed by atoms with Crippen molar-refractivity contribution in [3.8, 4) is 11.5 Å². The molecule has 0 saturated carbocycles. The molecule has 2 saturated heterocycles. The van der Waals surface area contributed by atoms with Crippen molar-refractivity contribution in [3.05, 3.63) is 60.2 Å². The molecule has 0 spiro atoms. The number of fused-ring (bicyclic) bond motifs is 1. The second-order valence-electron chi connectivity index (χ2n) is 8.70. The fraction of sp³-hybridized carbons (Fsp3) is 0.440. The second-order valence-corrected chi connectivity index (χ2v) is 8.70. The number of nitrogens with one attached hydrogen (secondary N) is 1. The Hall–Kier alpha value is -2.70. The van der Waals surface area contributed by atoms with Gasteiger partial charge in [0.2, 0.25) is 5.91 Å². The number of ether oxygens (including phenoxy) is 3. The highest BCUT2D eigenvalue weighted by atomic mass is 16.6. The zero-order valence-electron chi connectivity index (χ0n) is 18.0. The molecular weight excluding hydrogens is 394 g/mol. The van der Waals surface area contributed by atoms with E-state index in [0.717, 1.165) is 5.75 Å². The molecule has 2 aromatic carbocycles. The van der Waals surface area contributed by atoms with Crippen molar-refractivity contribution >= 4 is 11.7 Å². The van der Waals surface area contributed by atoms with Crippen LogP contribution in [-0.4, -0.2) is 43.2 Å². The van der Waals surface area contributed by atoms with Crippen LogP contribution in [0, 0.1) is 11.8 Å². The Morgan fingerprint density at radius 2 is 1.74 bits per heavy atom. The molecule has 2 aliphatic heterocycles. The molecule has 2 fully saturated rings. The summed E-state index contributed by atoms with van der Waals surface area (Å²) in [4.78, 5) is 25.1. The number of para-hydroxylation sites is 1. The maximum atomic E-state index is 12.9. The molecule has 164 valence electrons. The van der Waals surface area contributed by atoms with Crippen molar-refractivity contribution in [2.24, 2.45) is 11.8 Å². The van der Waals surface area contributed by atoms with Crippen LogP contribution in [0.4, 0.5) is 0 Å².